The van der Waals surface area contributed by atoms with Crippen LogP contribution < -0.4 is 5.56 Å². The summed E-state index contributed by atoms with van der Waals surface area (Å²) >= 11 is 0. The van der Waals surface area contributed by atoms with Crippen molar-refractivity contribution < 1.29 is 14.6 Å². The standard InChI is InChI=1S/C18H27N3O4/c1-2-20-8-5-15(11-16(20)22)17(23)21-9-10-25-14-18(24,13-21)12-19-6-3-4-7-19/h5,8,11,24H,2-4,6-7,9-10,12-14H2,1H3/t18-/m1/s1. The number of rotatable bonds is 4. The Morgan fingerprint density at radius 3 is 2.76 bits per heavy atom. The second kappa shape index (κ2) is 7.68. The monoisotopic (exact) mass is 349 g/mol. The molecule has 7 nitrogen and oxygen atoms in total. The molecule has 1 atom stereocenters. The summed E-state index contributed by atoms with van der Waals surface area (Å²) in [5, 5.41) is 11.0. The fourth-order valence-corrected chi connectivity index (χ4v) is 3.63. The Bertz CT molecular complexity index is 669. The van der Waals surface area contributed by atoms with E-state index in [2.05, 4.69) is 4.90 Å². The second-order valence-corrected chi connectivity index (χ2v) is 7.03. The Morgan fingerprint density at radius 1 is 1.32 bits per heavy atom. The van der Waals surface area contributed by atoms with Crippen molar-refractivity contribution in [3.63, 3.8) is 0 Å². The number of likely N-dealkylation sites (tertiary alicyclic amines) is 1. The lowest BCUT2D eigenvalue weighted by atomic mass is 10.0. The number of aromatic nitrogens is 1. The maximum absolute atomic E-state index is 12.8. The van der Waals surface area contributed by atoms with E-state index in [1.807, 2.05) is 6.92 Å². The average Bonchev–Trinajstić information content (AvgIpc) is 3.01. The molecule has 0 aliphatic carbocycles. The summed E-state index contributed by atoms with van der Waals surface area (Å²) in [5.41, 5.74) is -0.901. The molecule has 25 heavy (non-hydrogen) atoms. The number of amides is 1. The van der Waals surface area contributed by atoms with E-state index < -0.39 is 5.60 Å². The molecule has 3 rings (SSSR count). The fourth-order valence-electron chi connectivity index (χ4n) is 3.63. The molecular weight excluding hydrogens is 322 g/mol. The van der Waals surface area contributed by atoms with Crippen LogP contribution >= 0.6 is 0 Å². The number of aryl methyl sites for hydroxylation is 1. The van der Waals surface area contributed by atoms with Crippen molar-refractivity contribution in [1.29, 1.82) is 0 Å². The Kier molecular flexibility index (Phi) is 5.56. The van der Waals surface area contributed by atoms with E-state index in [1.165, 1.54) is 6.07 Å². The highest BCUT2D eigenvalue weighted by atomic mass is 16.5. The first-order valence-corrected chi connectivity index (χ1v) is 9.03. The first-order valence-electron chi connectivity index (χ1n) is 9.03. The van der Waals surface area contributed by atoms with E-state index in [0.717, 1.165) is 25.9 Å². The van der Waals surface area contributed by atoms with Gasteiger partial charge in [-0.3, -0.25) is 9.59 Å². The van der Waals surface area contributed by atoms with Crippen LogP contribution in [0.15, 0.2) is 23.1 Å². The highest BCUT2D eigenvalue weighted by Gasteiger charge is 2.36. The third kappa shape index (κ3) is 4.29. The highest BCUT2D eigenvalue weighted by Crippen LogP contribution is 2.19. The van der Waals surface area contributed by atoms with E-state index >= 15 is 0 Å². The predicted molar refractivity (Wildman–Crippen MR) is 93.7 cm³/mol. The molecule has 1 aromatic heterocycles. The van der Waals surface area contributed by atoms with Crippen LogP contribution in [-0.2, 0) is 11.3 Å². The van der Waals surface area contributed by atoms with Gasteiger partial charge in [0.25, 0.3) is 11.5 Å². The summed E-state index contributed by atoms with van der Waals surface area (Å²) < 4.78 is 7.11. The molecule has 0 spiro atoms. The Hall–Kier alpha value is -1.70. The van der Waals surface area contributed by atoms with Crippen molar-refractivity contribution in [2.24, 2.45) is 0 Å². The molecule has 1 amide bonds. The lowest BCUT2D eigenvalue weighted by Gasteiger charge is -2.34. The highest BCUT2D eigenvalue weighted by molar-refractivity contribution is 5.94. The Morgan fingerprint density at radius 2 is 2.08 bits per heavy atom. The molecule has 2 saturated heterocycles. The van der Waals surface area contributed by atoms with Crippen LogP contribution in [0.25, 0.3) is 0 Å². The van der Waals surface area contributed by atoms with Gasteiger partial charge in [0.15, 0.2) is 0 Å². The molecular formula is C18H27N3O4. The molecule has 0 aromatic carbocycles. The van der Waals surface area contributed by atoms with E-state index in [1.54, 1.807) is 21.7 Å². The zero-order valence-electron chi connectivity index (χ0n) is 14.8. The number of carbonyl (C=O) groups excluding carboxylic acids is 1. The van der Waals surface area contributed by atoms with Gasteiger partial charge in [-0.25, -0.2) is 0 Å². The maximum Gasteiger partial charge on any atom is 0.254 e. The van der Waals surface area contributed by atoms with Gasteiger partial charge in [0, 0.05) is 37.5 Å². The molecule has 1 aromatic rings. The number of nitrogens with zero attached hydrogens (tertiary/aromatic N) is 3. The minimum atomic E-state index is -1.07. The minimum absolute atomic E-state index is 0.188. The number of ether oxygens (including phenoxy) is 1. The quantitative estimate of drug-likeness (QED) is 0.839. The minimum Gasteiger partial charge on any atom is -0.384 e. The van der Waals surface area contributed by atoms with Crippen molar-refractivity contribution in [1.82, 2.24) is 14.4 Å². The normalized spacial score (nSPS) is 25.1. The number of carbonyl (C=O) groups is 1. The van der Waals surface area contributed by atoms with E-state index in [9.17, 15) is 14.7 Å². The predicted octanol–water partition coefficient (Wildman–Crippen LogP) is 0.168. The number of β-amino-alcohol motifs (C(OH)–C–C–N with tert-alkyl or cyclic N) is 1. The first kappa shape index (κ1) is 18.1. The van der Waals surface area contributed by atoms with Crippen LogP contribution in [0.2, 0.25) is 0 Å². The largest absolute Gasteiger partial charge is 0.384 e. The van der Waals surface area contributed by atoms with Crippen molar-refractivity contribution in [2.45, 2.75) is 31.9 Å². The first-order chi connectivity index (χ1) is 12.0. The summed E-state index contributed by atoms with van der Waals surface area (Å²) in [6.45, 7) is 6.17. The van der Waals surface area contributed by atoms with Crippen molar-refractivity contribution in [3.05, 3.63) is 34.2 Å². The van der Waals surface area contributed by atoms with Gasteiger partial charge in [0.1, 0.15) is 5.60 Å². The number of aliphatic hydroxyl groups is 1. The van der Waals surface area contributed by atoms with Gasteiger partial charge in [-0.1, -0.05) is 0 Å². The third-order valence-corrected chi connectivity index (χ3v) is 4.95. The van der Waals surface area contributed by atoms with E-state index in [0.29, 0.717) is 31.8 Å². The zero-order valence-corrected chi connectivity index (χ0v) is 14.8. The zero-order chi connectivity index (χ0) is 17.9. The third-order valence-electron chi connectivity index (χ3n) is 4.95. The van der Waals surface area contributed by atoms with Gasteiger partial charge in [0.2, 0.25) is 0 Å². The lowest BCUT2D eigenvalue weighted by Crippen LogP contribution is -2.53. The number of pyridine rings is 1. The summed E-state index contributed by atoms with van der Waals surface area (Å²) in [5.74, 6) is -0.231. The molecule has 3 heterocycles. The molecule has 2 aliphatic heterocycles. The summed E-state index contributed by atoms with van der Waals surface area (Å²) in [4.78, 5) is 28.6. The molecule has 1 N–H and O–H groups in total. The van der Waals surface area contributed by atoms with Gasteiger partial charge in [-0.15, -0.1) is 0 Å². The molecule has 2 aliphatic rings. The van der Waals surface area contributed by atoms with Crippen LogP contribution in [0.4, 0.5) is 0 Å². The number of hydrogen-bond acceptors (Lipinski definition) is 5. The SMILES string of the molecule is CCn1ccc(C(=O)N2CCOC[C@@](O)(CN3CCCC3)C2)cc1=O. The molecule has 138 valence electrons. The van der Waals surface area contributed by atoms with Crippen LogP contribution in [0.3, 0.4) is 0 Å². The number of hydrogen-bond donors (Lipinski definition) is 1. The fraction of sp³-hybridized carbons (Fsp3) is 0.667. The van der Waals surface area contributed by atoms with Crippen LogP contribution in [0.1, 0.15) is 30.1 Å². The molecule has 0 bridgehead atoms. The summed E-state index contributed by atoms with van der Waals surface area (Å²) in [6, 6.07) is 3.04. The Labute approximate surface area is 147 Å². The molecule has 7 heteroatoms. The van der Waals surface area contributed by atoms with Crippen molar-refractivity contribution in [3.8, 4) is 0 Å². The smallest absolute Gasteiger partial charge is 0.254 e. The molecule has 0 saturated carbocycles. The van der Waals surface area contributed by atoms with Gasteiger partial charge in [-0.05, 0) is 38.9 Å². The average molecular weight is 349 g/mol. The molecule has 2 fully saturated rings. The lowest BCUT2D eigenvalue weighted by molar-refractivity contribution is -0.0524. The van der Waals surface area contributed by atoms with Crippen molar-refractivity contribution in [2.75, 3.05) is 45.9 Å². The Balaban J connectivity index is 1.74. The van der Waals surface area contributed by atoms with Gasteiger partial charge >= 0.3 is 0 Å². The van der Waals surface area contributed by atoms with Crippen LogP contribution in [0, 0.1) is 0 Å². The molecule has 0 unspecified atom stereocenters. The van der Waals surface area contributed by atoms with Crippen molar-refractivity contribution >= 4 is 5.91 Å². The summed E-state index contributed by atoms with van der Waals surface area (Å²) in [7, 11) is 0. The second-order valence-electron chi connectivity index (χ2n) is 7.03. The van der Waals surface area contributed by atoms with Crippen LogP contribution in [-0.4, -0.2) is 76.9 Å². The van der Waals surface area contributed by atoms with E-state index in [-0.39, 0.29) is 24.6 Å². The van der Waals surface area contributed by atoms with Crippen LogP contribution in [0.5, 0.6) is 0 Å². The topological polar surface area (TPSA) is 75.0 Å². The summed E-state index contributed by atoms with van der Waals surface area (Å²) in [6.07, 6.45) is 3.93. The maximum atomic E-state index is 12.8. The van der Waals surface area contributed by atoms with Gasteiger partial charge in [0.05, 0.1) is 19.8 Å². The van der Waals surface area contributed by atoms with Gasteiger partial charge in [-0.2, -0.15) is 0 Å². The van der Waals surface area contributed by atoms with E-state index in [4.69, 9.17) is 4.74 Å². The molecule has 0 radical (unpaired) electrons. The van der Waals surface area contributed by atoms with Gasteiger partial charge < -0.3 is 24.2 Å².